The summed E-state index contributed by atoms with van der Waals surface area (Å²) in [6.45, 7) is 2.97. The van der Waals surface area contributed by atoms with Gasteiger partial charge in [-0.2, -0.15) is 0 Å². The van der Waals surface area contributed by atoms with Crippen LogP contribution >= 0.6 is 0 Å². The number of carbonyl (C=O) groups is 3. The van der Waals surface area contributed by atoms with Crippen LogP contribution in [0, 0.1) is 0 Å². The van der Waals surface area contributed by atoms with Gasteiger partial charge in [0, 0.05) is 6.04 Å². The summed E-state index contributed by atoms with van der Waals surface area (Å²) >= 11 is 0. The smallest absolute Gasteiger partial charge is 0.338 e. The van der Waals surface area contributed by atoms with Crippen LogP contribution in [0.15, 0.2) is 24.3 Å². The summed E-state index contributed by atoms with van der Waals surface area (Å²) in [5.74, 6) is -0.872. The van der Waals surface area contributed by atoms with E-state index in [4.69, 9.17) is 9.47 Å². The van der Waals surface area contributed by atoms with E-state index >= 15 is 0 Å². The molecule has 0 radical (unpaired) electrons. The first-order valence-corrected chi connectivity index (χ1v) is 6.34. The molecule has 21 heavy (non-hydrogen) atoms. The average Bonchev–Trinajstić information content (AvgIpc) is 2.43. The predicted octanol–water partition coefficient (Wildman–Crippen LogP) is 1.09. The standard InChI is InChI=1S/C14H18N2O5/c1-9(2)15-14(19)16-12(17)8-21-13(18)10-5-4-6-11(7-10)20-3/h4-7,9H,8H2,1-3H3,(H2,15,16,17,19). The summed E-state index contributed by atoms with van der Waals surface area (Å²) in [7, 11) is 1.48. The molecule has 0 saturated carbocycles. The lowest BCUT2D eigenvalue weighted by Crippen LogP contribution is -2.44. The Bertz CT molecular complexity index is 528. The number of nitrogens with one attached hydrogen (secondary N) is 2. The fraction of sp³-hybridized carbons (Fsp3) is 0.357. The van der Waals surface area contributed by atoms with E-state index in [1.807, 2.05) is 5.32 Å². The van der Waals surface area contributed by atoms with Crippen LogP contribution in [0.4, 0.5) is 4.79 Å². The maximum atomic E-state index is 11.7. The molecule has 3 amide bonds. The Morgan fingerprint density at radius 3 is 2.57 bits per heavy atom. The number of hydrogen-bond donors (Lipinski definition) is 2. The second kappa shape index (κ2) is 7.88. The van der Waals surface area contributed by atoms with Gasteiger partial charge in [0.25, 0.3) is 5.91 Å². The molecule has 0 fully saturated rings. The summed E-state index contributed by atoms with van der Waals surface area (Å²) in [5, 5.41) is 4.53. The van der Waals surface area contributed by atoms with Crippen molar-refractivity contribution >= 4 is 17.9 Å². The van der Waals surface area contributed by atoms with Crippen molar-refractivity contribution in [3.8, 4) is 5.75 Å². The molecule has 0 heterocycles. The molecule has 0 aliphatic heterocycles. The van der Waals surface area contributed by atoms with E-state index in [0.717, 1.165) is 0 Å². The van der Waals surface area contributed by atoms with Gasteiger partial charge < -0.3 is 14.8 Å². The molecule has 114 valence electrons. The number of rotatable bonds is 5. The van der Waals surface area contributed by atoms with E-state index in [1.54, 1.807) is 26.0 Å². The molecule has 2 N–H and O–H groups in total. The summed E-state index contributed by atoms with van der Waals surface area (Å²) in [5.41, 5.74) is 0.258. The highest BCUT2D eigenvalue weighted by Crippen LogP contribution is 2.13. The van der Waals surface area contributed by atoms with Crippen molar-refractivity contribution in [2.24, 2.45) is 0 Å². The van der Waals surface area contributed by atoms with Crippen LogP contribution in [0.5, 0.6) is 5.75 Å². The molecule has 7 heteroatoms. The molecule has 0 aliphatic carbocycles. The van der Waals surface area contributed by atoms with Crippen molar-refractivity contribution in [1.29, 1.82) is 0 Å². The predicted molar refractivity (Wildman–Crippen MR) is 75.1 cm³/mol. The number of ether oxygens (including phenoxy) is 2. The first kappa shape index (κ1) is 16.5. The Morgan fingerprint density at radius 2 is 1.95 bits per heavy atom. The SMILES string of the molecule is COc1cccc(C(=O)OCC(=O)NC(=O)NC(C)C)c1. The number of carbonyl (C=O) groups excluding carboxylic acids is 3. The van der Waals surface area contributed by atoms with Crippen molar-refractivity contribution in [3.63, 3.8) is 0 Å². The second-order valence-corrected chi connectivity index (χ2v) is 4.48. The zero-order valence-electron chi connectivity index (χ0n) is 12.1. The second-order valence-electron chi connectivity index (χ2n) is 4.48. The lowest BCUT2D eigenvalue weighted by molar-refractivity contribution is -0.123. The number of methoxy groups -OCH3 is 1. The number of benzene rings is 1. The van der Waals surface area contributed by atoms with Gasteiger partial charge in [0.1, 0.15) is 5.75 Å². The third kappa shape index (κ3) is 5.94. The fourth-order valence-electron chi connectivity index (χ4n) is 1.43. The molecule has 0 saturated heterocycles. The Labute approximate surface area is 122 Å². The van der Waals surface area contributed by atoms with Crippen molar-refractivity contribution in [2.45, 2.75) is 19.9 Å². The maximum Gasteiger partial charge on any atom is 0.338 e. The van der Waals surface area contributed by atoms with Crippen molar-refractivity contribution < 1.29 is 23.9 Å². The normalized spacial score (nSPS) is 9.90. The summed E-state index contributed by atoms with van der Waals surface area (Å²) < 4.78 is 9.79. The molecule has 1 aromatic carbocycles. The molecule has 0 spiro atoms. The molecule has 0 atom stereocenters. The highest BCUT2D eigenvalue weighted by molar-refractivity contribution is 5.97. The Balaban J connectivity index is 2.45. The topological polar surface area (TPSA) is 93.7 Å². The highest BCUT2D eigenvalue weighted by Gasteiger charge is 2.13. The molecule has 1 aromatic rings. The van der Waals surface area contributed by atoms with Crippen LogP contribution in [0.1, 0.15) is 24.2 Å². The minimum atomic E-state index is -0.704. The number of urea groups is 1. The Morgan fingerprint density at radius 1 is 1.24 bits per heavy atom. The third-order valence-corrected chi connectivity index (χ3v) is 2.31. The van der Waals surface area contributed by atoms with Crippen molar-refractivity contribution in [2.75, 3.05) is 13.7 Å². The molecule has 1 rings (SSSR count). The summed E-state index contributed by atoms with van der Waals surface area (Å²) in [6, 6.07) is 5.61. The van der Waals surface area contributed by atoms with E-state index in [1.165, 1.54) is 19.2 Å². The van der Waals surface area contributed by atoms with Gasteiger partial charge in [-0.15, -0.1) is 0 Å². The van der Waals surface area contributed by atoms with Gasteiger partial charge >= 0.3 is 12.0 Å². The molecule has 7 nitrogen and oxygen atoms in total. The van der Waals surface area contributed by atoms with E-state index < -0.39 is 24.5 Å². The van der Waals surface area contributed by atoms with Crippen LogP contribution in [0.25, 0.3) is 0 Å². The molecule has 0 unspecified atom stereocenters. The molecule has 0 aliphatic rings. The van der Waals surface area contributed by atoms with E-state index in [9.17, 15) is 14.4 Å². The minimum absolute atomic E-state index is 0.0999. The van der Waals surface area contributed by atoms with Gasteiger partial charge in [0.2, 0.25) is 0 Å². The number of amides is 3. The Kier molecular flexibility index (Phi) is 6.19. The van der Waals surface area contributed by atoms with Gasteiger partial charge in [0.05, 0.1) is 12.7 Å². The maximum absolute atomic E-state index is 11.7. The first-order valence-electron chi connectivity index (χ1n) is 6.34. The molecule has 0 aromatic heterocycles. The quantitative estimate of drug-likeness (QED) is 0.793. The molecule has 0 bridgehead atoms. The van der Waals surface area contributed by atoms with Crippen molar-refractivity contribution in [1.82, 2.24) is 10.6 Å². The summed E-state index contributed by atoms with van der Waals surface area (Å²) in [6.07, 6.45) is 0. The van der Waals surface area contributed by atoms with Crippen molar-refractivity contribution in [3.05, 3.63) is 29.8 Å². The van der Waals surface area contributed by atoms with E-state index in [-0.39, 0.29) is 11.6 Å². The monoisotopic (exact) mass is 294 g/mol. The first-order chi connectivity index (χ1) is 9.92. The zero-order chi connectivity index (χ0) is 15.8. The highest BCUT2D eigenvalue weighted by atomic mass is 16.5. The largest absolute Gasteiger partial charge is 0.497 e. The van der Waals surface area contributed by atoms with Gasteiger partial charge in [-0.25, -0.2) is 9.59 Å². The lowest BCUT2D eigenvalue weighted by Gasteiger charge is -2.09. The van der Waals surface area contributed by atoms with Gasteiger partial charge in [-0.1, -0.05) is 6.07 Å². The van der Waals surface area contributed by atoms with Crippen LogP contribution in [-0.2, 0) is 9.53 Å². The summed E-state index contributed by atoms with van der Waals surface area (Å²) in [4.78, 5) is 34.4. The van der Waals surface area contributed by atoms with Gasteiger partial charge in [0.15, 0.2) is 6.61 Å². The van der Waals surface area contributed by atoms with E-state index in [0.29, 0.717) is 5.75 Å². The number of imide groups is 1. The van der Waals surface area contributed by atoms with Crippen LogP contribution in [-0.4, -0.2) is 37.7 Å². The lowest BCUT2D eigenvalue weighted by atomic mass is 10.2. The Hall–Kier alpha value is -2.57. The zero-order valence-corrected chi connectivity index (χ0v) is 12.1. The van der Waals surface area contributed by atoms with E-state index in [2.05, 4.69) is 5.32 Å². The fourth-order valence-corrected chi connectivity index (χ4v) is 1.43. The van der Waals surface area contributed by atoms with Gasteiger partial charge in [-0.05, 0) is 32.0 Å². The van der Waals surface area contributed by atoms with Crippen LogP contribution in [0.3, 0.4) is 0 Å². The number of hydrogen-bond acceptors (Lipinski definition) is 5. The molecular weight excluding hydrogens is 276 g/mol. The number of esters is 1. The average molecular weight is 294 g/mol. The van der Waals surface area contributed by atoms with Crippen LogP contribution < -0.4 is 15.4 Å². The molecular formula is C14H18N2O5. The third-order valence-electron chi connectivity index (χ3n) is 2.31. The van der Waals surface area contributed by atoms with Gasteiger partial charge in [-0.3, -0.25) is 10.1 Å². The minimum Gasteiger partial charge on any atom is -0.497 e. The van der Waals surface area contributed by atoms with Crippen LogP contribution in [0.2, 0.25) is 0 Å².